The van der Waals surface area contributed by atoms with Crippen molar-refractivity contribution < 1.29 is 9.53 Å². The van der Waals surface area contributed by atoms with Gasteiger partial charge in [-0.15, -0.1) is 16.9 Å². The summed E-state index contributed by atoms with van der Waals surface area (Å²) in [5.74, 6) is 0.410. The molecule has 0 N–H and O–H groups in total. The van der Waals surface area contributed by atoms with E-state index in [0.29, 0.717) is 22.7 Å². The van der Waals surface area contributed by atoms with Crippen LogP contribution in [0.4, 0.5) is 5.69 Å². The second-order valence-corrected chi connectivity index (χ2v) is 9.22. The number of tetrazole rings is 1. The third-order valence-electron chi connectivity index (χ3n) is 4.77. The number of hydrogen-bond acceptors (Lipinski definition) is 7. The van der Waals surface area contributed by atoms with E-state index in [9.17, 15) is 4.79 Å². The van der Waals surface area contributed by atoms with E-state index in [1.54, 1.807) is 4.68 Å². The minimum absolute atomic E-state index is 0.0915. The summed E-state index contributed by atoms with van der Waals surface area (Å²) in [7, 11) is 0. The summed E-state index contributed by atoms with van der Waals surface area (Å²) in [4.78, 5) is 16.0. The number of fused-ring (bicyclic) bond motifs is 1. The number of aromatic nitrogens is 4. The third-order valence-corrected chi connectivity index (χ3v) is 6.95. The molecule has 4 rings (SSSR count). The topological polar surface area (TPSA) is 73.1 Å². The lowest BCUT2D eigenvalue weighted by molar-refractivity contribution is -0.116. The summed E-state index contributed by atoms with van der Waals surface area (Å²) < 4.78 is 7.41. The number of hydrogen-bond donors (Lipinski definition) is 0. The summed E-state index contributed by atoms with van der Waals surface area (Å²) in [6, 6.07) is 8.15. The number of benzene rings is 1. The summed E-state index contributed by atoms with van der Waals surface area (Å²) >= 11 is 3.23. The summed E-state index contributed by atoms with van der Waals surface area (Å²) in [5.41, 5.74) is 1.01. The zero-order valence-corrected chi connectivity index (χ0v) is 16.9. The van der Waals surface area contributed by atoms with Gasteiger partial charge in [0.15, 0.2) is 0 Å². The number of para-hydroxylation sites is 1. The van der Waals surface area contributed by atoms with Crippen LogP contribution in [0.2, 0.25) is 0 Å². The third kappa shape index (κ3) is 4.47. The summed E-state index contributed by atoms with van der Waals surface area (Å²) in [5, 5.41) is 13.1. The van der Waals surface area contributed by atoms with Gasteiger partial charge in [-0.25, -0.2) is 4.68 Å². The highest BCUT2D eigenvalue weighted by atomic mass is 32.2. The van der Waals surface area contributed by atoms with Crippen LogP contribution < -0.4 is 4.90 Å². The molecular formula is C18H23N5O2S2. The highest BCUT2D eigenvalue weighted by Gasteiger charge is 2.25. The first-order valence-electron chi connectivity index (χ1n) is 9.27. The molecule has 0 bridgehead atoms. The first-order valence-corrected chi connectivity index (χ1v) is 11.1. The Morgan fingerprint density at radius 2 is 2.26 bits per heavy atom. The van der Waals surface area contributed by atoms with Crippen LogP contribution >= 0.6 is 23.5 Å². The molecule has 0 aliphatic carbocycles. The lowest BCUT2D eigenvalue weighted by Gasteiger charge is -2.22. The van der Waals surface area contributed by atoms with Crippen LogP contribution in [-0.2, 0) is 16.1 Å². The first kappa shape index (κ1) is 18.8. The number of carbonyl (C=O) groups is 1. The molecule has 2 aromatic rings. The smallest absolute Gasteiger partial charge is 0.237 e. The van der Waals surface area contributed by atoms with E-state index < -0.39 is 0 Å². The molecule has 144 valence electrons. The predicted molar refractivity (Wildman–Crippen MR) is 106 cm³/mol. The minimum Gasteiger partial charge on any atom is -0.376 e. The molecular weight excluding hydrogens is 382 g/mol. The zero-order chi connectivity index (χ0) is 18.6. The molecule has 0 saturated carbocycles. The van der Waals surface area contributed by atoms with Crippen LogP contribution in [0.3, 0.4) is 0 Å². The Hall–Kier alpha value is -1.58. The molecule has 7 nitrogen and oxygen atoms in total. The average Bonchev–Trinajstić information content (AvgIpc) is 3.30. The van der Waals surface area contributed by atoms with E-state index in [1.807, 2.05) is 34.9 Å². The molecule has 2 aliphatic rings. The monoisotopic (exact) mass is 405 g/mol. The molecule has 0 spiro atoms. The second-order valence-electron chi connectivity index (χ2n) is 6.80. The minimum atomic E-state index is 0.0915. The average molecular weight is 406 g/mol. The molecule has 27 heavy (non-hydrogen) atoms. The van der Waals surface area contributed by atoms with E-state index in [-0.39, 0.29) is 12.0 Å². The summed E-state index contributed by atoms with van der Waals surface area (Å²) in [6.07, 6.45) is 3.26. The first-order chi connectivity index (χ1) is 13.2. The van der Waals surface area contributed by atoms with Crippen molar-refractivity contribution in [3.05, 3.63) is 24.3 Å². The molecule has 1 fully saturated rings. The maximum absolute atomic E-state index is 13.0. The van der Waals surface area contributed by atoms with Gasteiger partial charge in [-0.2, -0.15) is 0 Å². The Morgan fingerprint density at radius 3 is 3.11 bits per heavy atom. The number of nitrogens with zero attached hydrogens (tertiary/aromatic N) is 5. The van der Waals surface area contributed by atoms with Crippen molar-refractivity contribution in [3.8, 4) is 0 Å². The van der Waals surface area contributed by atoms with Gasteiger partial charge in [0.1, 0.15) is 0 Å². The number of ether oxygens (including phenoxy) is 1. The SMILES string of the molecule is C[C@H]1CCN(C(=O)CSc2nnnn2C[C@@H]2CCCO2)c2ccccc2S1. The number of thioether (sulfide) groups is 2. The molecule has 0 radical (unpaired) electrons. The predicted octanol–water partition coefficient (Wildman–Crippen LogP) is 2.86. The van der Waals surface area contributed by atoms with Crippen LogP contribution in [-0.4, -0.2) is 56.4 Å². The highest BCUT2D eigenvalue weighted by molar-refractivity contribution is 8.00. The van der Waals surface area contributed by atoms with Gasteiger partial charge in [0.25, 0.3) is 0 Å². The van der Waals surface area contributed by atoms with Gasteiger partial charge in [-0.3, -0.25) is 4.79 Å². The fourth-order valence-electron chi connectivity index (χ4n) is 3.35. The van der Waals surface area contributed by atoms with Gasteiger partial charge in [0.2, 0.25) is 11.1 Å². The molecule has 2 atom stereocenters. The van der Waals surface area contributed by atoms with Gasteiger partial charge < -0.3 is 9.64 Å². The van der Waals surface area contributed by atoms with Crippen LogP contribution in [0.15, 0.2) is 34.3 Å². The van der Waals surface area contributed by atoms with E-state index in [2.05, 4.69) is 28.5 Å². The number of carbonyl (C=O) groups excluding carboxylic acids is 1. The number of anilines is 1. The Bertz CT molecular complexity index is 794. The van der Waals surface area contributed by atoms with Gasteiger partial charge in [0.05, 0.1) is 24.1 Å². The van der Waals surface area contributed by atoms with Crippen molar-refractivity contribution in [1.82, 2.24) is 20.2 Å². The van der Waals surface area contributed by atoms with Crippen molar-refractivity contribution >= 4 is 35.1 Å². The Kier molecular flexibility index (Phi) is 5.99. The lowest BCUT2D eigenvalue weighted by atomic mass is 10.2. The van der Waals surface area contributed by atoms with E-state index in [1.165, 1.54) is 16.7 Å². The van der Waals surface area contributed by atoms with Crippen molar-refractivity contribution in [3.63, 3.8) is 0 Å². The zero-order valence-electron chi connectivity index (χ0n) is 15.3. The largest absolute Gasteiger partial charge is 0.376 e. The molecule has 1 amide bonds. The fourth-order valence-corrected chi connectivity index (χ4v) is 5.22. The van der Waals surface area contributed by atoms with Gasteiger partial charge >= 0.3 is 0 Å². The van der Waals surface area contributed by atoms with E-state index in [0.717, 1.165) is 38.1 Å². The van der Waals surface area contributed by atoms with Gasteiger partial charge in [-0.1, -0.05) is 30.8 Å². The Morgan fingerprint density at radius 1 is 1.37 bits per heavy atom. The molecule has 1 aromatic carbocycles. The Balaban J connectivity index is 1.42. The van der Waals surface area contributed by atoms with Crippen molar-refractivity contribution in [2.75, 3.05) is 23.8 Å². The number of rotatable bonds is 5. The van der Waals surface area contributed by atoms with E-state index >= 15 is 0 Å². The highest BCUT2D eigenvalue weighted by Crippen LogP contribution is 2.37. The van der Waals surface area contributed by atoms with Crippen LogP contribution in [0, 0.1) is 0 Å². The molecule has 1 aromatic heterocycles. The van der Waals surface area contributed by atoms with E-state index in [4.69, 9.17) is 4.74 Å². The van der Waals surface area contributed by atoms with Crippen molar-refractivity contribution in [2.24, 2.45) is 0 Å². The quantitative estimate of drug-likeness (QED) is 0.708. The van der Waals surface area contributed by atoms with Crippen molar-refractivity contribution in [2.45, 2.75) is 54.1 Å². The normalized spacial score (nSPS) is 22.5. The molecule has 1 saturated heterocycles. The van der Waals surface area contributed by atoms with Gasteiger partial charge in [-0.05, 0) is 41.8 Å². The molecule has 0 unspecified atom stereocenters. The maximum atomic E-state index is 13.0. The van der Waals surface area contributed by atoms with Crippen LogP contribution in [0.25, 0.3) is 0 Å². The van der Waals surface area contributed by atoms with Gasteiger partial charge in [0, 0.05) is 23.3 Å². The van der Waals surface area contributed by atoms with Crippen molar-refractivity contribution in [1.29, 1.82) is 0 Å². The van der Waals surface area contributed by atoms with Crippen LogP contribution in [0.5, 0.6) is 0 Å². The van der Waals surface area contributed by atoms with Crippen LogP contribution in [0.1, 0.15) is 26.2 Å². The molecule has 3 heterocycles. The molecule has 2 aliphatic heterocycles. The maximum Gasteiger partial charge on any atom is 0.237 e. The lowest BCUT2D eigenvalue weighted by Crippen LogP contribution is -2.33. The number of amides is 1. The Labute approximate surface area is 167 Å². The standard InChI is InChI=1S/C18H23N5O2S2/c1-13-8-9-22(15-6-2-3-7-16(15)27-13)17(24)12-26-18-19-20-21-23(18)11-14-5-4-10-25-14/h2-3,6-7,13-14H,4-5,8-12H2,1H3/t13-,14-/m0/s1. The second kappa shape index (κ2) is 8.62. The summed E-state index contributed by atoms with van der Waals surface area (Å²) in [6.45, 7) is 4.40. The fraction of sp³-hybridized carbons (Fsp3) is 0.556. The molecule has 9 heteroatoms.